The van der Waals surface area contributed by atoms with Crippen LogP contribution in [-0.4, -0.2) is 52.4 Å². The minimum atomic E-state index is -1.52. The maximum atomic E-state index is 13.1. The third-order valence-corrected chi connectivity index (χ3v) is 6.32. The number of nitrogens with one attached hydrogen (secondary N) is 1. The van der Waals surface area contributed by atoms with Gasteiger partial charge in [-0.3, -0.25) is 4.79 Å². The van der Waals surface area contributed by atoms with Gasteiger partial charge >= 0.3 is 23.6 Å². The molecule has 1 fully saturated rings. The molecule has 0 amide bonds. The maximum absolute atomic E-state index is 13.1. The van der Waals surface area contributed by atoms with E-state index in [9.17, 15) is 24.0 Å². The Kier molecular flexibility index (Phi) is 8.16. The van der Waals surface area contributed by atoms with Gasteiger partial charge in [-0.1, -0.05) is 54.6 Å². The normalized spacial score (nSPS) is 19.7. The highest BCUT2D eigenvalue weighted by molar-refractivity contribution is 5.91. The molecule has 208 valence electrons. The second-order valence-electron chi connectivity index (χ2n) is 8.99. The second-order valence-corrected chi connectivity index (χ2v) is 8.99. The first-order chi connectivity index (χ1) is 19.9. The van der Waals surface area contributed by atoms with E-state index in [-0.39, 0.29) is 16.7 Å². The van der Waals surface area contributed by atoms with E-state index in [1.54, 1.807) is 66.7 Å². The van der Waals surface area contributed by atoms with Gasteiger partial charge in [0, 0.05) is 12.3 Å². The molecule has 4 aromatic rings. The summed E-state index contributed by atoms with van der Waals surface area (Å²) in [5, 5.41) is 0. The maximum Gasteiger partial charge on any atom is 0.338 e. The molecule has 11 heteroatoms. The molecule has 0 spiro atoms. The Balaban J connectivity index is 1.51. The Labute approximate surface area is 232 Å². The minimum Gasteiger partial charge on any atom is -0.459 e. The van der Waals surface area contributed by atoms with Crippen molar-refractivity contribution in [1.82, 2.24) is 9.55 Å². The summed E-state index contributed by atoms with van der Waals surface area (Å²) in [4.78, 5) is 66.8. The molecule has 5 rings (SSSR count). The van der Waals surface area contributed by atoms with E-state index in [1.165, 1.54) is 24.3 Å². The zero-order chi connectivity index (χ0) is 28.8. The molecule has 0 unspecified atom stereocenters. The van der Waals surface area contributed by atoms with Crippen LogP contribution in [-0.2, 0) is 18.9 Å². The molecule has 0 radical (unpaired) electrons. The molecule has 41 heavy (non-hydrogen) atoms. The van der Waals surface area contributed by atoms with Crippen LogP contribution in [0.15, 0.2) is 113 Å². The number of H-pyrrole nitrogens is 1. The lowest BCUT2D eigenvalue weighted by molar-refractivity contribution is -0.0652. The fourth-order valence-electron chi connectivity index (χ4n) is 4.34. The molecule has 1 N–H and O–H groups in total. The SMILES string of the molecule is O=C(OC[C@H]1O[C@@H](n2c(=O)cc[nH]c2=O)[C@@H](OC(=O)c2ccccc2)[C@@H]1OC(=O)c1ccccc1)c1ccccc1. The number of ether oxygens (including phenoxy) is 4. The number of aromatic amines is 1. The summed E-state index contributed by atoms with van der Waals surface area (Å²) in [6, 6.07) is 25.3. The van der Waals surface area contributed by atoms with Gasteiger partial charge in [0.15, 0.2) is 18.4 Å². The number of aromatic nitrogens is 2. The summed E-state index contributed by atoms with van der Waals surface area (Å²) in [5.41, 5.74) is -0.970. The highest BCUT2D eigenvalue weighted by Crippen LogP contribution is 2.34. The van der Waals surface area contributed by atoms with E-state index < -0.39 is 60.3 Å². The fraction of sp³-hybridized carbons (Fsp3) is 0.167. The molecule has 3 aromatic carbocycles. The lowest BCUT2D eigenvalue weighted by Gasteiger charge is -2.24. The second kappa shape index (κ2) is 12.3. The Bertz CT molecular complexity index is 1610. The third kappa shape index (κ3) is 6.15. The molecular formula is C30H24N2O9. The molecule has 0 aliphatic carbocycles. The van der Waals surface area contributed by atoms with Crippen molar-refractivity contribution in [3.8, 4) is 0 Å². The molecule has 4 atom stereocenters. The van der Waals surface area contributed by atoms with Gasteiger partial charge in [0.05, 0.1) is 16.7 Å². The van der Waals surface area contributed by atoms with E-state index in [0.717, 1.165) is 12.3 Å². The summed E-state index contributed by atoms with van der Waals surface area (Å²) >= 11 is 0. The predicted molar refractivity (Wildman–Crippen MR) is 143 cm³/mol. The lowest BCUT2D eigenvalue weighted by atomic mass is 10.1. The lowest BCUT2D eigenvalue weighted by Crippen LogP contribution is -2.45. The highest BCUT2D eigenvalue weighted by Gasteiger charge is 2.52. The molecule has 1 aliphatic heterocycles. The molecular weight excluding hydrogens is 532 g/mol. The summed E-state index contributed by atoms with van der Waals surface area (Å²) in [5.74, 6) is -2.28. The zero-order valence-electron chi connectivity index (χ0n) is 21.5. The van der Waals surface area contributed by atoms with Crippen molar-refractivity contribution in [3.05, 3.63) is 141 Å². The summed E-state index contributed by atoms with van der Waals surface area (Å²) < 4.78 is 23.7. The number of benzene rings is 3. The smallest absolute Gasteiger partial charge is 0.338 e. The van der Waals surface area contributed by atoms with Gasteiger partial charge in [-0.15, -0.1) is 0 Å². The number of carbonyl (C=O) groups excluding carboxylic acids is 3. The van der Waals surface area contributed by atoms with Crippen LogP contribution in [0.1, 0.15) is 37.3 Å². The Hall–Kier alpha value is -5.29. The van der Waals surface area contributed by atoms with Gasteiger partial charge in [0.1, 0.15) is 12.7 Å². The van der Waals surface area contributed by atoms with E-state index >= 15 is 0 Å². The molecule has 1 aliphatic rings. The summed E-state index contributed by atoms with van der Waals surface area (Å²) in [6.07, 6.45) is -4.44. The van der Waals surface area contributed by atoms with E-state index in [4.69, 9.17) is 18.9 Å². The highest BCUT2D eigenvalue weighted by atomic mass is 16.7. The van der Waals surface area contributed by atoms with Crippen molar-refractivity contribution in [2.24, 2.45) is 0 Å². The third-order valence-electron chi connectivity index (χ3n) is 6.32. The molecule has 0 saturated carbocycles. The average molecular weight is 557 g/mol. The van der Waals surface area contributed by atoms with Crippen LogP contribution >= 0.6 is 0 Å². The first kappa shape index (κ1) is 27.3. The van der Waals surface area contributed by atoms with Gasteiger partial charge in [0.25, 0.3) is 5.56 Å². The largest absolute Gasteiger partial charge is 0.459 e. The number of esters is 3. The Morgan fingerprint density at radius 3 is 1.68 bits per heavy atom. The quantitative estimate of drug-likeness (QED) is 0.256. The number of hydrogen-bond donors (Lipinski definition) is 1. The topological polar surface area (TPSA) is 143 Å². The number of nitrogens with zero attached hydrogens (tertiary/aromatic N) is 1. The van der Waals surface area contributed by atoms with Crippen molar-refractivity contribution in [3.63, 3.8) is 0 Å². The van der Waals surface area contributed by atoms with Crippen LogP contribution in [0, 0.1) is 0 Å². The average Bonchev–Trinajstić information content (AvgIpc) is 3.32. The number of rotatable bonds is 8. The Morgan fingerprint density at radius 2 is 1.17 bits per heavy atom. The van der Waals surface area contributed by atoms with Crippen LogP contribution in [0.2, 0.25) is 0 Å². The zero-order valence-corrected chi connectivity index (χ0v) is 21.5. The van der Waals surface area contributed by atoms with Crippen molar-refractivity contribution in [1.29, 1.82) is 0 Å². The predicted octanol–water partition coefficient (Wildman–Crippen LogP) is 2.74. The first-order valence-electron chi connectivity index (χ1n) is 12.6. The van der Waals surface area contributed by atoms with Gasteiger partial charge in [-0.25, -0.2) is 23.7 Å². The van der Waals surface area contributed by atoms with Gasteiger partial charge in [-0.05, 0) is 36.4 Å². The van der Waals surface area contributed by atoms with Crippen LogP contribution in [0.4, 0.5) is 0 Å². The van der Waals surface area contributed by atoms with Gasteiger partial charge in [-0.2, -0.15) is 0 Å². The molecule has 2 heterocycles. The minimum absolute atomic E-state index is 0.174. The first-order valence-corrected chi connectivity index (χ1v) is 12.6. The standard InChI is InChI=1S/C30H24N2O9/c33-23-16-17-31-30(37)32(23)26-25(41-29(36)21-14-8-3-9-15-21)24(40-28(35)20-12-6-2-7-13-20)22(39-26)18-38-27(34)19-10-4-1-5-11-19/h1-17,22,24-26H,18H2,(H,31,37)/t22-,24-,25+,26-/m1/s1. The van der Waals surface area contributed by atoms with Crippen LogP contribution in [0.25, 0.3) is 0 Å². The van der Waals surface area contributed by atoms with Crippen molar-refractivity contribution < 1.29 is 33.3 Å². The van der Waals surface area contributed by atoms with Crippen LogP contribution in [0.3, 0.4) is 0 Å². The Morgan fingerprint density at radius 1 is 0.683 bits per heavy atom. The summed E-state index contributed by atoms with van der Waals surface area (Å²) in [6.45, 7) is -0.449. The van der Waals surface area contributed by atoms with Gasteiger partial charge in [0.2, 0.25) is 0 Å². The number of hydrogen-bond acceptors (Lipinski definition) is 9. The van der Waals surface area contributed by atoms with Crippen molar-refractivity contribution in [2.45, 2.75) is 24.5 Å². The molecule has 1 aromatic heterocycles. The summed E-state index contributed by atoms with van der Waals surface area (Å²) in [7, 11) is 0. The van der Waals surface area contributed by atoms with E-state index in [1.807, 2.05) is 0 Å². The fourth-order valence-corrected chi connectivity index (χ4v) is 4.34. The number of carbonyl (C=O) groups is 3. The van der Waals surface area contributed by atoms with Crippen molar-refractivity contribution >= 4 is 17.9 Å². The molecule has 11 nitrogen and oxygen atoms in total. The van der Waals surface area contributed by atoms with Gasteiger partial charge < -0.3 is 23.9 Å². The molecule has 0 bridgehead atoms. The van der Waals surface area contributed by atoms with Crippen LogP contribution in [0.5, 0.6) is 0 Å². The molecule has 1 saturated heterocycles. The van der Waals surface area contributed by atoms with E-state index in [0.29, 0.717) is 4.57 Å². The van der Waals surface area contributed by atoms with E-state index in [2.05, 4.69) is 4.98 Å². The van der Waals surface area contributed by atoms with Crippen molar-refractivity contribution in [2.75, 3.05) is 6.61 Å². The monoisotopic (exact) mass is 556 g/mol. The van der Waals surface area contributed by atoms with Crippen LogP contribution < -0.4 is 11.2 Å².